The van der Waals surface area contributed by atoms with Gasteiger partial charge in [0.2, 0.25) is 0 Å². The van der Waals surface area contributed by atoms with Gasteiger partial charge in [-0.2, -0.15) is 0 Å². The molecule has 0 fully saturated rings. The van der Waals surface area contributed by atoms with Gasteiger partial charge >= 0.3 is 0 Å². The fourth-order valence-electron chi connectivity index (χ4n) is 5.02. The molecule has 0 aliphatic carbocycles. The first-order valence-electron chi connectivity index (χ1n) is 17.2. The summed E-state index contributed by atoms with van der Waals surface area (Å²) < 4.78 is 0. The Balaban J connectivity index is 0. The summed E-state index contributed by atoms with van der Waals surface area (Å²) in [4.78, 5) is 20.3. The first-order valence-corrected chi connectivity index (χ1v) is 17.2. The van der Waals surface area contributed by atoms with E-state index in [0.29, 0.717) is 0 Å². The predicted molar refractivity (Wildman–Crippen MR) is 167 cm³/mol. The minimum atomic E-state index is 0.762. The second-order valence-electron chi connectivity index (χ2n) is 11.5. The van der Waals surface area contributed by atoms with Gasteiger partial charge in [0.1, 0.15) is 12.6 Å². The molecule has 37 heavy (non-hydrogen) atoms. The second-order valence-corrected chi connectivity index (χ2v) is 11.5. The van der Waals surface area contributed by atoms with Crippen molar-refractivity contribution in [3.8, 4) is 0 Å². The molecule has 0 bridgehead atoms. The normalized spacial score (nSPS) is 10.8. The molecule has 0 N–H and O–H groups in total. The Hall–Kier alpha value is -0.660. The van der Waals surface area contributed by atoms with Crippen molar-refractivity contribution in [2.24, 2.45) is 0 Å². The van der Waals surface area contributed by atoms with E-state index in [-0.39, 0.29) is 0 Å². The number of rotatable bonds is 31. The molecule has 0 aromatic rings. The van der Waals surface area contributed by atoms with Gasteiger partial charge in [0, 0.05) is 12.8 Å². The van der Waals surface area contributed by atoms with Crippen molar-refractivity contribution < 1.29 is 9.59 Å². The van der Waals surface area contributed by atoms with Crippen LogP contribution in [0.15, 0.2) is 0 Å². The zero-order chi connectivity index (χ0) is 27.3. The lowest BCUT2D eigenvalue weighted by molar-refractivity contribution is -0.108. The van der Waals surface area contributed by atoms with Crippen molar-refractivity contribution >= 4 is 12.6 Å². The van der Waals surface area contributed by atoms with Crippen molar-refractivity contribution in [1.82, 2.24) is 0 Å². The van der Waals surface area contributed by atoms with Crippen molar-refractivity contribution in [2.75, 3.05) is 0 Å². The molecule has 0 heterocycles. The number of carbonyl (C=O) groups is 2. The highest BCUT2D eigenvalue weighted by Crippen LogP contribution is 2.14. The van der Waals surface area contributed by atoms with Gasteiger partial charge in [-0.3, -0.25) is 0 Å². The predicted octanol–water partition coefficient (Wildman–Crippen LogP) is 12.5. The summed E-state index contributed by atoms with van der Waals surface area (Å²) in [5.41, 5.74) is 0. The molecule has 2 heteroatoms. The lowest BCUT2D eigenvalue weighted by Crippen LogP contribution is -1.83. The highest BCUT2D eigenvalue weighted by molar-refractivity contribution is 5.49. The summed E-state index contributed by atoms with van der Waals surface area (Å²) >= 11 is 0. The molecular formula is C35H70O2. The largest absolute Gasteiger partial charge is 0.303 e. The van der Waals surface area contributed by atoms with Gasteiger partial charge < -0.3 is 9.59 Å². The zero-order valence-electron chi connectivity index (χ0n) is 25.9. The van der Waals surface area contributed by atoms with E-state index in [4.69, 9.17) is 0 Å². The van der Waals surface area contributed by atoms with Crippen LogP contribution in [0.3, 0.4) is 0 Å². The second kappa shape index (κ2) is 39.8. The van der Waals surface area contributed by atoms with Gasteiger partial charge in [-0.15, -0.1) is 0 Å². The van der Waals surface area contributed by atoms with Crippen LogP contribution < -0.4 is 0 Å². The molecule has 0 aliphatic heterocycles. The maximum atomic E-state index is 10.1. The Morgan fingerprint density at radius 2 is 0.432 bits per heavy atom. The first kappa shape index (κ1) is 38.5. The molecule has 0 aromatic heterocycles. The smallest absolute Gasteiger partial charge is 0.119 e. The minimum Gasteiger partial charge on any atom is -0.303 e. The average Bonchev–Trinajstić information content (AvgIpc) is 2.91. The fourth-order valence-corrected chi connectivity index (χ4v) is 5.02. The third-order valence-electron chi connectivity index (χ3n) is 7.60. The molecule has 0 spiro atoms. The van der Waals surface area contributed by atoms with Crippen LogP contribution in [0.25, 0.3) is 0 Å². The topological polar surface area (TPSA) is 34.1 Å². The van der Waals surface area contributed by atoms with E-state index in [2.05, 4.69) is 13.8 Å². The van der Waals surface area contributed by atoms with Crippen LogP contribution in [-0.4, -0.2) is 12.6 Å². The van der Waals surface area contributed by atoms with Crippen LogP contribution in [-0.2, 0) is 9.59 Å². The Kier molecular flexibility index (Phi) is 41.4. The molecule has 2 nitrogen and oxygen atoms in total. The van der Waals surface area contributed by atoms with Crippen molar-refractivity contribution in [3.05, 3.63) is 0 Å². The van der Waals surface area contributed by atoms with Crippen LogP contribution in [0.1, 0.15) is 213 Å². The van der Waals surface area contributed by atoms with E-state index in [1.807, 2.05) is 0 Å². The highest BCUT2D eigenvalue weighted by Gasteiger charge is 1.95. The third-order valence-corrected chi connectivity index (χ3v) is 7.60. The molecule has 0 unspecified atom stereocenters. The molecule has 0 saturated heterocycles. The lowest BCUT2D eigenvalue weighted by atomic mass is 10.0. The van der Waals surface area contributed by atoms with E-state index in [9.17, 15) is 9.59 Å². The minimum absolute atomic E-state index is 0.762. The Bertz CT molecular complexity index is 393. The first-order chi connectivity index (χ1) is 18.3. The molecule has 0 atom stereocenters. The summed E-state index contributed by atoms with van der Waals surface area (Å²) in [6.45, 7) is 4.56. The fraction of sp³-hybridized carbons (Fsp3) is 0.943. The standard InChI is InChI=1S/C18H36O.C17H34O/c1-2-3-4-5-6-7-8-9-10-11-12-13-14-15-16-17-18-19;1-2-3-4-5-6-7-8-9-10-11-12-13-14-15-16-17-18/h18H,2-17H2,1H3;17H,2-16H2,1H3. The van der Waals surface area contributed by atoms with Crippen LogP contribution in [0.2, 0.25) is 0 Å². The Morgan fingerprint density at radius 1 is 0.270 bits per heavy atom. The SMILES string of the molecule is CCCCCCCCCCCCCCCCC=O.CCCCCCCCCCCCCCCCCC=O. The van der Waals surface area contributed by atoms with Gasteiger partial charge in [0.25, 0.3) is 0 Å². The van der Waals surface area contributed by atoms with E-state index < -0.39 is 0 Å². The molecule has 0 saturated carbocycles. The van der Waals surface area contributed by atoms with E-state index in [1.54, 1.807) is 0 Å². The maximum absolute atomic E-state index is 10.1. The monoisotopic (exact) mass is 523 g/mol. The summed E-state index contributed by atoms with van der Waals surface area (Å²) in [7, 11) is 0. The van der Waals surface area contributed by atoms with Crippen LogP contribution in [0, 0.1) is 0 Å². The van der Waals surface area contributed by atoms with Crippen molar-refractivity contribution in [3.63, 3.8) is 0 Å². The maximum Gasteiger partial charge on any atom is 0.119 e. The van der Waals surface area contributed by atoms with Crippen LogP contribution in [0.5, 0.6) is 0 Å². The molecule has 0 radical (unpaired) electrons. The molecular weight excluding hydrogens is 452 g/mol. The van der Waals surface area contributed by atoms with Crippen molar-refractivity contribution in [2.45, 2.75) is 213 Å². The van der Waals surface area contributed by atoms with Gasteiger partial charge in [0.15, 0.2) is 0 Å². The molecule has 222 valence electrons. The summed E-state index contributed by atoms with van der Waals surface area (Å²) in [5.74, 6) is 0. The Morgan fingerprint density at radius 3 is 0.595 bits per heavy atom. The van der Waals surface area contributed by atoms with E-state index >= 15 is 0 Å². The van der Waals surface area contributed by atoms with Crippen LogP contribution >= 0.6 is 0 Å². The number of hydrogen-bond donors (Lipinski definition) is 0. The van der Waals surface area contributed by atoms with Gasteiger partial charge in [-0.05, 0) is 12.8 Å². The molecule has 0 amide bonds. The Labute approximate surface area is 234 Å². The quantitative estimate of drug-likeness (QED) is 0.0670. The van der Waals surface area contributed by atoms with E-state index in [0.717, 1.165) is 38.3 Å². The number of aldehydes is 2. The van der Waals surface area contributed by atoms with E-state index in [1.165, 1.54) is 173 Å². The number of unbranched alkanes of at least 4 members (excludes halogenated alkanes) is 29. The summed E-state index contributed by atoms with van der Waals surface area (Å²) in [5, 5.41) is 0. The summed E-state index contributed by atoms with van der Waals surface area (Å²) in [6.07, 6.45) is 43.7. The highest BCUT2D eigenvalue weighted by atomic mass is 16.1. The van der Waals surface area contributed by atoms with Crippen molar-refractivity contribution in [1.29, 1.82) is 0 Å². The number of hydrogen-bond acceptors (Lipinski definition) is 2. The summed E-state index contributed by atoms with van der Waals surface area (Å²) in [6, 6.07) is 0. The molecule has 0 rings (SSSR count). The number of carbonyl (C=O) groups excluding carboxylic acids is 2. The van der Waals surface area contributed by atoms with Gasteiger partial charge in [0.05, 0.1) is 0 Å². The zero-order valence-corrected chi connectivity index (χ0v) is 25.9. The van der Waals surface area contributed by atoms with Gasteiger partial charge in [-0.25, -0.2) is 0 Å². The van der Waals surface area contributed by atoms with Crippen LogP contribution in [0.4, 0.5) is 0 Å². The van der Waals surface area contributed by atoms with Gasteiger partial charge in [-0.1, -0.05) is 187 Å². The lowest BCUT2D eigenvalue weighted by Gasteiger charge is -2.02. The molecule has 0 aliphatic rings. The third kappa shape index (κ3) is 42.7. The molecule has 0 aromatic carbocycles. The average molecular weight is 523 g/mol.